The molecule has 0 radical (unpaired) electrons. The molecule has 136 valence electrons. The summed E-state index contributed by atoms with van der Waals surface area (Å²) in [4.78, 5) is 12.6. The average molecular weight is 359 g/mol. The van der Waals surface area contributed by atoms with E-state index < -0.39 is 0 Å². The second-order valence-corrected chi connectivity index (χ2v) is 6.55. The van der Waals surface area contributed by atoms with Crippen LogP contribution in [0.3, 0.4) is 0 Å². The Kier molecular flexibility index (Phi) is 7.03. The number of hydrogen-bond donors (Lipinski definition) is 2. The van der Waals surface area contributed by atoms with Gasteiger partial charge in [-0.25, -0.2) is 0 Å². The highest BCUT2D eigenvalue weighted by Gasteiger charge is 2.35. The summed E-state index contributed by atoms with van der Waals surface area (Å²) in [6, 6.07) is -0.00162. The number of ether oxygens (including phenoxy) is 2. The first kappa shape index (κ1) is 19.2. The summed E-state index contributed by atoms with van der Waals surface area (Å²) in [5.74, 6) is 0.208. The molecular weight excluding hydrogens is 332 g/mol. The van der Waals surface area contributed by atoms with Crippen molar-refractivity contribution in [2.75, 3.05) is 32.9 Å². The van der Waals surface area contributed by atoms with Crippen molar-refractivity contribution >= 4 is 18.3 Å². The SMILES string of the molecule is CC(COC1CCOC1)NC(=O)[C@H]1CNC[C@@H]1c1cnn(C)c1.Cl. The Balaban J connectivity index is 0.00000208. The van der Waals surface area contributed by atoms with Gasteiger partial charge in [0, 0.05) is 44.9 Å². The van der Waals surface area contributed by atoms with Gasteiger partial charge in [0.15, 0.2) is 0 Å². The zero-order valence-electron chi connectivity index (χ0n) is 14.2. The molecule has 4 atom stereocenters. The number of carbonyl (C=O) groups is 1. The van der Waals surface area contributed by atoms with Crippen LogP contribution in [0, 0.1) is 5.92 Å². The van der Waals surface area contributed by atoms with E-state index in [4.69, 9.17) is 9.47 Å². The van der Waals surface area contributed by atoms with Crippen molar-refractivity contribution in [3.63, 3.8) is 0 Å². The molecule has 0 spiro atoms. The molecule has 3 rings (SSSR count). The highest BCUT2D eigenvalue weighted by atomic mass is 35.5. The summed E-state index contributed by atoms with van der Waals surface area (Å²) in [6.45, 7) is 5.46. The van der Waals surface area contributed by atoms with Gasteiger partial charge in [-0.15, -0.1) is 12.4 Å². The van der Waals surface area contributed by atoms with Crippen molar-refractivity contribution in [1.29, 1.82) is 0 Å². The van der Waals surface area contributed by atoms with Crippen molar-refractivity contribution in [3.8, 4) is 0 Å². The van der Waals surface area contributed by atoms with Gasteiger partial charge in [0.2, 0.25) is 5.91 Å². The summed E-state index contributed by atoms with van der Waals surface area (Å²) in [5.41, 5.74) is 1.12. The van der Waals surface area contributed by atoms with Crippen LogP contribution in [0.15, 0.2) is 12.4 Å². The lowest BCUT2D eigenvalue weighted by Gasteiger charge is -2.21. The van der Waals surface area contributed by atoms with E-state index in [1.54, 1.807) is 4.68 Å². The van der Waals surface area contributed by atoms with E-state index in [0.29, 0.717) is 19.8 Å². The van der Waals surface area contributed by atoms with Gasteiger partial charge in [0.05, 0.1) is 31.4 Å². The molecule has 0 aliphatic carbocycles. The number of aromatic nitrogens is 2. The van der Waals surface area contributed by atoms with E-state index in [2.05, 4.69) is 15.7 Å². The summed E-state index contributed by atoms with van der Waals surface area (Å²) in [5, 5.41) is 10.6. The Morgan fingerprint density at radius 1 is 1.58 bits per heavy atom. The van der Waals surface area contributed by atoms with E-state index in [1.165, 1.54) is 0 Å². The Morgan fingerprint density at radius 3 is 3.08 bits per heavy atom. The number of nitrogens with zero attached hydrogens (tertiary/aromatic N) is 2. The Bertz CT molecular complexity index is 533. The molecule has 8 heteroatoms. The van der Waals surface area contributed by atoms with Crippen molar-refractivity contribution in [3.05, 3.63) is 18.0 Å². The Morgan fingerprint density at radius 2 is 2.42 bits per heavy atom. The van der Waals surface area contributed by atoms with E-state index >= 15 is 0 Å². The van der Waals surface area contributed by atoms with E-state index in [9.17, 15) is 4.79 Å². The first-order valence-corrected chi connectivity index (χ1v) is 8.32. The second kappa shape index (κ2) is 8.80. The van der Waals surface area contributed by atoms with Crippen LogP contribution in [-0.2, 0) is 21.3 Å². The molecule has 2 aliphatic heterocycles. The highest BCUT2D eigenvalue weighted by Crippen LogP contribution is 2.28. The number of carbonyl (C=O) groups excluding carboxylic acids is 1. The molecule has 3 heterocycles. The minimum Gasteiger partial charge on any atom is -0.379 e. The van der Waals surface area contributed by atoms with Crippen LogP contribution in [-0.4, -0.2) is 60.7 Å². The normalized spacial score (nSPS) is 27.7. The molecule has 1 aromatic rings. The van der Waals surface area contributed by atoms with E-state index in [0.717, 1.165) is 25.1 Å². The van der Waals surface area contributed by atoms with Crippen molar-refractivity contribution < 1.29 is 14.3 Å². The van der Waals surface area contributed by atoms with Crippen LogP contribution in [0.4, 0.5) is 0 Å². The van der Waals surface area contributed by atoms with Gasteiger partial charge in [-0.3, -0.25) is 9.48 Å². The van der Waals surface area contributed by atoms with Crippen molar-refractivity contribution in [2.45, 2.75) is 31.4 Å². The number of nitrogens with one attached hydrogen (secondary N) is 2. The molecule has 0 aromatic carbocycles. The molecule has 2 fully saturated rings. The summed E-state index contributed by atoms with van der Waals surface area (Å²) in [7, 11) is 1.90. The molecule has 24 heavy (non-hydrogen) atoms. The standard InChI is InChI=1S/C16H26N4O3.ClH/c1-11(9-23-13-3-4-22-10-13)19-16(21)15-7-17-6-14(15)12-5-18-20(2)8-12;/h5,8,11,13-15,17H,3-4,6-7,9-10H2,1-2H3,(H,19,21);1H/t11?,13?,14-,15+;/m1./s1. The summed E-state index contributed by atoms with van der Waals surface area (Å²) in [6.07, 6.45) is 4.96. The third kappa shape index (κ3) is 4.69. The molecule has 1 aromatic heterocycles. The highest BCUT2D eigenvalue weighted by molar-refractivity contribution is 5.85. The van der Waals surface area contributed by atoms with Gasteiger partial charge in [0.25, 0.3) is 0 Å². The minimum atomic E-state index is -0.0588. The molecule has 0 bridgehead atoms. The number of amides is 1. The third-order valence-corrected chi connectivity index (χ3v) is 4.56. The monoisotopic (exact) mass is 358 g/mol. The van der Waals surface area contributed by atoms with E-state index in [-0.39, 0.29) is 42.3 Å². The summed E-state index contributed by atoms with van der Waals surface area (Å²) < 4.78 is 12.8. The lowest BCUT2D eigenvalue weighted by atomic mass is 9.90. The van der Waals surface area contributed by atoms with Crippen LogP contribution in [0.2, 0.25) is 0 Å². The smallest absolute Gasteiger partial charge is 0.225 e. The molecule has 7 nitrogen and oxygen atoms in total. The Hall–Kier alpha value is -1.15. The second-order valence-electron chi connectivity index (χ2n) is 6.55. The molecule has 0 saturated carbocycles. The minimum absolute atomic E-state index is 0. The zero-order valence-corrected chi connectivity index (χ0v) is 15.1. The van der Waals surface area contributed by atoms with Crippen LogP contribution in [0.1, 0.15) is 24.8 Å². The maximum absolute atomic E-state index is 12.6. The Labute approximate surface area is 148 Å². The van der Waals surface area contributed by atoms with Gasteiger partial charge in [-0.05, 0) is 18.9 Å². The van der Waals surface area contributed by atoms with Crippen LogP contribution in [0.25, 0.3) is 0 Å². The van der Waals surface area contributed by atoms with Gasteiger partial charge < -0.3 is 20.1 Å². The first-order chi connectivity index (χ1) is 11.1. The lowest BCUT2D eigenvalue weighted by molar-refractivity contribution is -0.126. The van der Waals surface area contributed by atoms with Crippen molar-refractivity contribution in [2.24, 2.45) is 13.0 Å². The molecule has 2 N–H and O–H groups in total. The largest absolute Gasteiger partial charge is 0.379 e. The van der Waals surface area contributed by atoms with Gasteiger partial charge in [-0.2, -0.15) is 5.10 Å². The molecule has 2 unspecified atom stereocenters. The molecule has 1 amide bonds. The molecular formula is C16H27ClN4O3. The van der Waals surface area contributed by atoms with Crippen LogP contribution >= 0.6 is 12.4 Å². The maximum Gasteiger partial charge on any atom is 0.225 e. The van der Waals surface area contributed by atoms with Gasteiger partial charge >= 0.3 is 0 Å². The maximum atomic E-state index is 12.6. The van der Waals surface area contributed by atoms with E-state index in [1.807, 2.05) is 26.4 Å². The average Bonchev–Trinajstić information content (AvgIpc) is 3.26. The number of hydrogen-bond acceptors (Lipinski definition) is 5. The fraction of sp³-hybridized carbons (Fsp3) is 0.750. The predicted molar refractivity (Wildman–Crippen MR) is 92.3 cm³/mol. The first-order valence-electron chi connectivity index (χ1n) is 8.32. The molecule has 2 saturated heterocycles. The summed E-state index contributed by atoms with van der Waals surface area (Å²) >= 11 is 0. The van der Waals surface area contributed by atoms with Gasteiger partial charge in [0.1, 0.15) is 0 Å². The molecule has 2 aliphatic rings. The fourth-order valence-electron chi connectivity index (χ4n) is 3.25. The van der Waals surface area contributed by atoms with Crippen LogP contribution < -0.4 is 10.6 Å². The quantitative estimate of drug-likeness (QED) is 0.772. The number of rotatable bonds is 6. The lowest BCUT2D eigenvalue weighted by Crippen LogP contribution is -2.42. The fourth-order valence-corrected chi connectivity index (χ4v) is 3.25. The predicted octanol–water partition coefficient (Wildman–Crippen LogP) is 0.455. The number of aryl methyl sites for hydroxylation is 1. The number of halogens is 1. The topological polar surface area (TPSA) is 77.4 Å². The van der Waals surface area contributed by atoms with Crippen LogP contribution in [0.5, 0.6) is 0 Å². The van der Waals surface area contributed by atoms with Crippen molar-refractivity contribution in [1.82, 2.24) is 20.4 Å². The third-order valence-electron chi connectivity index (χ3n) is 4.56. The zero-order chi connectivity index (χ0) is 16.2. The van der Waals surface area contributed by atoms with Gasteiger partial charge in [-0.1, -0.05) is 0 Å².